The molecule has 0 spiro atoms. The number of hydrogen-bond donors (Lipinski definition) is 1. The highest BCUT2D eigenvalue weighted by molar-refractivity contribution is 5.54. The van der Waals surface area contributed by atoms with Gasteiger partial charge in [0, 0.05) is 25.3 Å². The van der Waals surface area contributed by atoms with Gasteiger partial charge in [-0.1, -0.05) is 12.1 Å². The molecular weight excluding hydrogens is 253 g/mol. The zero-order valence-electron chi connectivity index (χ0n) is 11.0. The van der Waals surface area contributed by atoms with Crippen LogP contribution in [0.2, 0.25) is 0 Å². The van der Waals surface area contributed by atoms with E-state index in [0.717, 1.165) is 16.8 Å². The van der Waals surface area contributed by atoms with Crippen molar-refractivity contribution in [2.24, 2.45) is 11.7 Å². The summed E-state index contributed by atoms with van der Waals surface area (Å²) in [5.74, 6) is -1.15. The maximum Gasteiger partial charge on any atom is 0.391 e. The van der Waals surface area contributed by atoms with E-state index in [-0.39, 0.29) is 12.8 Å². The molecule has 0 atom stereocenters. The second-order valence-corrected chi connectivity index (χ2v) is 5.13. The fourth-order valence-corrected chi connectivity index (χ4v) is 2.65. The molecule has 5 heteroatoms. The molecule has 1 aromatic carbocycles. The molecule has 1 fully saturated rings. The number of alkyl halides is 3. The molecule has 0 saturated carbocycles. The molecule has 0 unspecified atom stereocenters. The molecule has 1 aliphatic heterocycles. The number of anilines is 1. The standard InChI is InChI=1S/C14H19F3N2/c1-10-8-11(9-18)2-3-13(10)19-6-4-12(5-7-19)14(15,16)17/h2-3,8,12H,4-7,9,18H2,1H3. The highest BCUT2D eigenvalue weighted by Crippen LogP contribution is 2.36. The predicted molar refractivity (Wildman–Crippen MR) is 70.1 cm³/mol. The second-order valence-electron chi connectivity index (χ2n) is 5.13. The van der Waals surface area contributed by atoms with Crippen molar-refractivity contribution in [1.82, 2.24) is 0 Å². The third-order valence-corrected chi connectivity index (χ3v) is 3.80. The third-order valence-electron chi connectivity index (χ3n) is 3.80. The van der Waals surface area contributed by atoms with Crippen molar-refractivity contribution in [2.45, 2.75) is 32.5 Å². The fraction of sp³-hybridized carbons (Fsp3) is 0.571. The largest absolute Gasteiger partial charge is 0.391 e. The number of benzene rings is 1. The van der Waals surface area contributed by atoms with Crippen LogP contribution in [0.4, 0.5) is 18.9 Å². The third kappa shape index (κ3) is 3.21. The number of halogens is 3. The Bertz CT molecular complexity index is 435. The van der Waals surface area contributed by atoms with Gasteiger partial charge in [0.15, 0.2) is 0 Å². The van der Waals surface area contributed by atoms with Crippen molar-refractivity contribution in [1.29, 1.82) is 0 Å². The summed E-state index contributed by atoms with van der Waals surface area (Å²) in [6.07, 6.45) is -3.69. The molecule has 2 nitrogen and oxygen atoms in total. The minimum Gasteiger partial charge on any atom is -0.371 e. The summed E-state index contributed by atoms with van der Waals surface area (Å²) < 4.78 is 37.8. The van der Waals surface area contributed by atoms with E-state index in [9.17, 15) is 13.2 Å². The fourth-order valence-electron chi connectivity index (χ4n) is 2.65. The first kappa shape index (κ1) is 14.2. The van der Waals surface area contributed by atoms with Gasteiger partial charge in [-0.3, -0.25) is 0 Å². The van der Waals surface area contributed by atoms with Gasteiger partial charge < -0.3 is 10.6 Å². The smallest absolute Gasteiger partial charge is 0.371 e. The first-order valence-corrected chi connectivity index (χ1v) is 6.53. The number of hydrogen-bond acceptors (Lipinski definition) is 2. The Hall–Kier alpha value is -1.23. The summed E-state index contributed by atoms with van der Waals surface area (Å²) in [6.45, 7) is 3.39. The second kappa shape index (κ2) is 5.41. The van der Waals surface area contributed by atoms with Gasteiger partial charge in [0.1, 0.15) is 0 Å². The van der Waals surface area contributed by atoms with Crippen LogP contribution in [0.25, 0.3) is 0 Å². The van der Waals surface area contributed by atoms with Crippen molar-refractivity contribution < 1.29 is 13.2 Å². The Labute approximate surface area is 111 Å². The lowest BCUT2D eigenvalue weighted by atomic mass is 9.95. The zero-order valence-corrected chi connectivity index (χ0v) is 11.0. The summed E-state index contributed by atoms with van der Waals surface area (Å²) in [5.41, 5.74) is 8.73. The number of piperidine rings is 1. The van der Waals surface area contributed by atoms with Crippen LogP contribution < -0.4 is 10.6 Å². The normalized spacial score (nSPS) is 17.8. The number of nitrogens with zero attached hydrogens (tertiary/aromatic N) is 1. The molecule has 2 rings (SSSR count). The first-order valence-electron chi connectivity index (χ1n) is 6.53. The van der Waals surface area contributed by atoms with Crippen LogP contribution in [0, 0.1) is 12.8 Å². The minimum absolute atomic E-state index is 0.182. The topological polar surface area (TPSA) is 29.3 Å². The monoisotopic (exact) mass is 272 g/mol. The summed E-state index contributed by atoms with van der Waals surface area (Å²) >= 11 is 0. The molecule has 2 N–H and O–H groups in total. The molecule has 1 aromatic rings. The molecule has 0 amide bonds. The minimum atomic E-state index is -4.05. The van der Waals surface area contributed by atoms with Crippen LogP contribution >= 0.6 is 0 Å². The van der Waals surface area contributed by atoms with E-state index in [1.165, 1.54) is 0 Å². The van der Waals surface area contributed by atoms with Crippen LogP contribution in [-0.4, -0.2) is 19.3 Å². The van der Waals surface area contributed by atoms with E-state index < -0.39 is 12.1 Å². The average molecular weight is 272 g/mol. The summed E-state index contributed by atoms with van der Waals surface area (Å²) in [6, 6.07) is 5.91. The van der Waals surface area contributed by atoms with E-state index >= 15 is 0 Å². The Balaban J connectivity index is 2.06. The SMILES string of the molecule is Cc1cc(CN)ccc1N1CCC(C(F)(F)F)CC1. The van der Waals surface area contributed by atoms with Gasteiger partial charge in [-0.15, -0.1) is 0 Å². The highest BCUT2D eigenvalue weighted by atomic mass is 19.4. The lowest BCUT2D eigenvalue weighted by Gasteiger charge is -2.35. The van der Waals surface area contributed by atoms with Crippen molar-refractivity contribution in [3.8, 4) is 0 Å². The van der Waals surface area contributed by atoms with Crippen LogP contribution in [-0.2, 0) is 6.54 Å². The van der Waals surface area contributed by atoms with Gasteiger partial charge in [0.25, 0.3) is 0 Å². The molecular formula is C14H19F3N2. The molecule has 0 aromatic heterocycles. The maximum atomic E-state index is 12.6. The van der Waals surface area contributed by atoms with Gasteiger partial charge in [-0.05, 0) is 37.0 Å². The van der Waals surface area contributed by atoms with Gasteiger partial charge in [-0.25, -0.2) is 0 Å². The summed E-state index contributed by atoms with van der Waals surface area (Å²) in [7, 11) is 0. The van der Waals surface area contributed by atoms with Crippen molar-refractivity contribution in [3.05, 3.63) is 29.3 Å². The summed E-state index contributed by atoms with van der Waals surface area (Å²) in [5, 5.41) is 0. The Morgan fingerprint density at radius 2 is 1.89 bits per heavy atom. The zero-order chi connectivity index (χ0) is 14.0. The Morgan fingerprint density at radius 1 is 1.26 bits per heavy atom. The van der Waals surface area contributed by atoms with Gasteiger partial charge in [0.2, 0.25) is 0 Å². The van der Waals surface area contributed by atoms with Gasteiger partial charge in [0.05, 0.1) is 5.92 Å². The quantitative estimate of drug-likeness (QED) is 0.895. The molecule has 106 valence electrons. The van der Waals surface area contributed by atoms with Crippen LogP contribution in [0.15, 0.2) is 18.2 Å². The number of aryl methyl sites for hydroxylation is 1. The van der Waals surface area contributed by atoms with Gasteiger partial charge >= 0.3 is 6.18 Å². The van der Waals surface area contributed by atoms with Crippen LogP contribution in [0.1, 0.15) is 24.0 Å². The molecule has 1 saturated heterocycles. The lowest BCUT2D eigenvalue weighted by molar-refractivity contribution is -0.179. The number of nitrogens with two attached hydrogens (primary N) is 1. The van der Waals surface area contributed by atoms with Crippen LogP contribution in [0.5, 0.6) is 0 Å². The van der Waals surface area contributed by atoms with E-state index in [2.05, 4.69) is 0 Å². The maximum absolute atomic E-state index is 12.6. The van der Waals surface area contributed by atoms with E-state index in [1.807, 2.05) is 30.0 Å². The Kier molecular flexibility index (Phi) is 4.04. The average Bonchev–Trinajstić information content (AvgIpc) is 2.37. The molecule has 1 heterocycles. The predicted octanol–water partition coefficient (Wildman–Crippen LogP) is 3.23. The molecule has 0 bridgehead atoms. The molecule has 0 radical (unpaired) electrons. The first-order chi connectivity index (χ1) is 8.91. The van der Waals surface area contributed by atoms with Crippen molar-refractivity contribution in [2.75, 3.05) is 18.0 Å². The molecule has 0 aliphatic carbocycles. The van der Waals surface area contributed by atoms with E-state index in [0.29, 0.717) is 19.6 Å². The van der Waals surface area contributed by atoms with Gasteiger partial charge in [-0.2, -0.15) is 13.2 Å². The van der Waals surface area contributed by atoms with E-state index in [4.69, 9.17) is 5.73 Å². The molecule has 19 heavy (non-hydrogen) atoms. The van der Waals surface area contributed by atoms with Crippen molar-refractivity contribution in [3.63, 3.8) is 0 Å². The molecule has 1 aliphatic rings. The van der Waals surface area contributed by atoms with Crippen molar-refractivity contribution >= 4 is 5.69 Å². The van der Waals surface area contributed by atoms with Crippen LogP contribution in [0.3, 0.4) is 0 Å². The number of rotatable bonds is 2. The lowest BCUT2D eigenvalue weighted by Crippen LogP contribution is -2.39. The van der Waals surface area contributed by atoms with E-state index in [1.54, 1.807) is 0 Å². The Morgan fingerprint density at radius 3 is 2.37 bits per heavy atom. The highest BCUT2D eigenvalue weighted by Gasteiger charge is 2.41. The summed E-state index contributed by atoms with van der Waals surface area (Å²) in [4.78, 5) is 2.04.